The van der Waals surface area contributed by atoms with Crippen molar-refractivity contribution in [3.63, 3.8) is 0 Å². The van der Waals surface area contributed by atoms with E-state index in [2.05, 4.69) is 202 Å². The number of fused-ring (bicyclic) bond motifs is 4. The fourth-order valence-electron chi connectivity index (χ4n) is 8.85. The maximum absolute atomic E-state index is 6.38. The summed E-state index contributed by atoms with van der Waals surface area (Å²) in [5.74, 6) is 16.8. The molecule has 7 heteroatoms. The van der Waals surface area contributed by atoms with E-state index in [9.17, 15) is 0 Å². The second kappa shape index (κ2) is 19.7. The van der Waals surface area contributed by atoms with E-state index < -0.39 is 26.5 Å². The molecule has 0 amide bonds. The fraction of sp³-hybridized carbons (Fsp3) is 0.276. The third-order valence-electron chi connectivity index (χ3n) is 12.2. The summed E-state index contributed by atoms with van der Waals surface area (Å²) < 4.78 is 11.8. The van der Waals surface area contributed by atoms with Crippen LogP contribution in [0.2, 0.25) is 34.5 Å². The van der Waals surface area contributed by atoms with Crippen LogP contribution in [0, 0.1) is 18.1 Å². The Labute approximate surface area is 406 Å². The van der Waals surface area contributed by atoms with Gasteiger partial charge in [-0.25, -0.2) is 0 Å². The Bertz CT molecular complexity index is 3050. The molecule has 0 N–H and O–H groups in total. The van der Waals surface area contributed by atoms with Crippen LogP contribution in [0.25, 0.3) is 72.4 Å². The van der Waals surface area contributed by atoms with E-state index in [0.29, 0.717) is 17.8 Å². The second-order valence-corrected chi connectivity index (χ2v) is 41.7. The summed E-state index contributed by atoms with van der Waals surface area (Å²) >= 11 is -3.85. The number of pyridine rings is 1. The van der Waals surface area contributed by atoms with Gasteiger partial charge in [0.1, 0.15) is 0 Å². The van der Waals surface area contributed by atoms with Crippen LogP contribution in [0.5, 0.6) is 0 Å². The van der Waals surface area contributed by atoms with Crippen LogP contribution in [-0.4, -0.2) is 41.1 Å². The number of benzene rings is 6. The minimum atomic E-state index is -1.99. The van der Waals surface area contributed by atoms with Crippen LogP contribution >= 0.6 is 0 Å². The normalized spacial score (nSPS) is 12.0. The molecule has 0 bridgehead atoms. The van der Waals surface area contributed by atoms with Crippen molar-refractivity contribution in [2.75, 3.05) is 0 Å². The maximum Gasteiger partial charge on any atom is 0 e. The summed E-state index contributed by atoms with van der Waals surface area (Å²) in [4.78, 5) is 9.97. The van der Waals surface area contributed by atoms with Gasteiger partial charge in [-0.3, -0.25) is 0 Å². The molecule has 9 aromatic rings. The number of hydrogen-bond acceptors (Lipinski definition) is 3. The molecule has 3 heterocycles. The first kappa shape index (κ1) is 48.4. The number of imidazole rings is 1. The van der Waals surface area contributed by atoms with Crippen LogP contribution in [0.4, 0.5) is 0 Å². The van der Waals surface area contributed by atoms with Crippen molar-refractivity contribution in [3.8, 4) is 39.5 Å². The van der Waals surface area contributed by atoms with Gasteiger partial charge in [-0.1, -0.05) is 58.0 Å². The molecule has 6 aromatic carbocycles. The molecule has 0 saturated carbocycles. The van der Waals surface area contributed by atoms with E-state index in [0.717, 1.165) is 62.0 Å². The van der Waals surface area contributed by atoms with Gasteiger partial charge in [-0.2, -0.15) is 0 Å². The Kier molecular flexibility index (Phi) is 14.7. The maximum atomic E-state index is 6.38. The zero-order valence-electron chi connectivity index (χ0n) is 40.2. The van der Waals surface area contributed by atoms with Gasteiger partial charge in [0.15, 0.2) is 0 Å². The van der Waals surface area contributed by atoms with Crippen molar-refractivity contribution in [2.24, 2.45) is 5.92 Å². The van der Waals surface area contributed by atoms with Crippen LogP contribution in [-0.2, 0) is 26.5 Å². The van der Waals surface area contributed by atoms with Crippen molar-refractivity contribution < 1.29 is 24.5 Å². The number of aromatic nitrogens is 3. The topological polar surface area (TPSA) is 43.9 Å². The molecule has 0 aliphatic carbocycles. The van der Waals surface area contributed by atoms with E-state index in [1.165, 1.54) is 37.9 Å². The van der Waals surface area contributed by atoms with Crippen LogP contribution in [0.1, 0.15) is 70.1 Å². The van der Waals surface area contributed by atoms with Gasteiger partial charge in [0.25, 0.3) is 0 Å². The van der Waals surface area contributed by atoms with Crippen LogP contribution in [0.15, 0.2) is 138 Å². The minimum absolute atomic E-state index is 0. The predicted octanol–water partition coefficient (Wildman–Crippen LogP) is 15.1. The molecule has 4 nitrogen and oxygen atoms in total. The summed E-state index contributed by atoms with van der Waals surface area (Å²) in [6.45, 7) is 13.7. The molecule has 0 saturated heterocycles. The molecule has 335 valence electrons. The Morgan fingerprint density at radius 1 is 0.631 bits per heavy atom. The molecule has 0 spiro atoms. The van der Waals surface area contributed by atoms with Crippen LogP contribution in [0.3, 0.4) is 0 Å². The quantitative estimate of drug-likeness (QED) is 0.101. The second-order valence-electron chi connectivity index (χ2n) is 20.5. The van der Waals surface area contributed by atoms with E-state index >= 15 is 0 Å². The molecule has 65 heavy (non-hydrogen) atoms. The zero-order chi connectivity index (χ0) is 45.5. The number of rotatable bonds is 10. The first-order chi connectivity index (χ1) is 30.5. The molecule has 9 rings (SSSR count). The summed E-state index contributed by atoms with van der Waals surface area (Å²) in [6.07, 6.45) is 3.27. The van der Waals surface area contributed by atoms with E-state index in [-0.39, 0.29) is 20.1 Å². The first-order valence-corrected chi connectivity index (χ1v) is 37.7. The standard InChI is InChI=1S/C40H39GeN2O.C18H24GeN.Ir/c1-25(2)32-22-29(27-13-9-8-10-14-27)23-33(26(3)4)39(32)43-36-16-12-11-15-35(36)42-40(43)28-17-20-37-34(21-28)31-19-18-30(41(5,6)7)24-38(31)44-37;1-14(2)11-16-12-18(15-9-7-6-8-10-15)20-13-17(16)19(3,4)5;/h8-16,18-26H,1-7H3;6-9,12-14H,11H2,1-5H3;/q2*-1;. The Morgan fingerprint density at radius 3 is 1.94 bits per heavy atom. The van der Waals surface area contributed by atoms with Gasteiger partial charge in [-0.05, 0) is 11.1 Å². The number of hydrogen-bond donors (Lipinski definition) is 0. The van der Waals surface area contributed by atoms with Crippen molar-refractivity contribution in [1.29, 1.82) is 0 Å². The molecular formula is C58H63Ge2IrN3O-2. The van der Waals surface area contributed by atoms with E-state index in [1.54, 1.807) is 4.40 Å². The Hall–Kier alpha value is -4.52. The summed E-state index contributed by atoms with van der Waals surface area (Å²) in [5, 5.41) is 2.25. The molecule has 0 aliphatic rings. The van der Waals surface area contributed by atoms with Gasteiger partial charge < -0.3 is 0 Å². The van der Waals surface area contributed by atoms with Gasteiger partial charge in [-0.15, -0.1) is 0 Å². The van der Waals surface area contributed by atoms with Crippen molar-refractivity contribution in [2.45, 2.75) is 94.3 Å². The third-order valence-corrected chi connectivity index (χ3v) is 20.8. The van der Waals surface area contributed by atoms with Crippen LogP contribution < -0.4 is 8.79 Å². The van der Waals surface area contributed by atoms with Gasteiger partial charge in [0, 0.05) is 20.1 Å². The summed E-state index contributed by atoms with van der Waals surface area (Å²) in [6, 6.07) is 52.2. The molecule has 0 unspecified atom stereocenters. The largest absolute Gasteiger partial charge is 0 e. The number of furan rings is 1. The number of para-hydroxylation sites is 2. The Balaban J connectivity index is 0.000000253. The average molecular weight is 1160 g/mol. The van der Waals surface area contributed by atoms with Gasteiger partial charge >= 0.3 is 320 Å². The molecule has 0 atom stereocenters. The van der Waals surface area contributed by atoms with Crippen molar-refractivity contribution >= 4 is 68.3 Å². The zero-order valence-corrected chi connectivity index (χ0v) is 46.8. The fourth-order valence-corrected chi connectivity index (χ4v) is 14.6. The Morgan fingerprint density at radius 2 is 1.31 bits per heavy atom. The van der Waals surface area contributed by atoms with E-state index in [4.69, 9.17) is 14.4 Å². The molecular weight excluding hydrogens is 1090 g/mol. The molecule has 3 aromatic heterocycles. The predicted molar refractivity (Wildman–Crippen MR) is 279 cm³/mol. The summed E-state index contributed by atoms with van der Waals surface area (Å²) in [5.41, 5.74) is 14.8. The smallest absolute Gasteiger partial charge is 0 e. The third kappa shape index (κ3) is 10.4. The SMILES string of the molecule is CC(C)Cc1cc(-c2[c-]cccc2)nc[c]1[Ge]([CH3])([CH3])[CH3].CC(C)c1cc(-c2ccccc2)cc(C(C)C)c1-n1c(-c2[c-]cc3oc4c[c]([Ge]([CH3])([CH3])[CH3])ccc4c3c2)nc2ccccc21.[Ir]. The van der Waals surface area contributed by atoms with E-state index in [1.807, 2.05) is 24.3 Å². The van der Waals surface area contributed by atoms with Gasteiger partial charge in [0.05, 0.1) is 0 Å². The minimum Gasteiger partial charge on any atom is 0 e. The van der Waals surface area contributed by atoms with Gasteiger partial charge in [0.2, 0.25) is 0 Å². The number of nitrogens with zero attached hydrogens (tertiary/aromatic N) is 3. The molecule has 1 radical (unpaired) electrons. The van der Waals surface area contributed by atoms with Crippen molar-refractivity contribution in [3.05, 3.63) is 162 Å². The summed E-state index contributed by atoms with van der Waals surface area (Å²) in [7, 11) is 0. The monoisotopic (exact) mass is 1160 g/mol. The molecule has 0 aliphatic heterocycles. The average Bonchev–Trinajstić information content (AvgIpc) is 3.84. The van der Waals surface area contributed by atoms with Crippen molar-refractivity contribution in [1.82, 2.24) is 14.5 Å². The molecule has 0 fully saturated rings. The first-order valence-electron chi connectivity index (χ1n) is 23.0.